The van der Waals surface area contributed by atoms with Crippen molar-refractivity contribution < 1.29 is 0 Å². The molecule has 0 heterocycles. The molecule has 11 heavy (non-hydrogen) atoms. The molecular weight excluding hydrogens is 132 g/mol. The largest absolute Gasteiger partial charge is 0.0845 e. The highest BCUT2D eigenvalue weighted by molar-refractivity contribution is 5.11. The zero-order chi connectivity index (χ0) is 7.78. The van der Waals surface area contributed by atoms with Crippen LogP contribution < -0.4 is 0 Å². The Morgan fingerprint density at radius 3 is 2.45 bits per heavy atom. The lowest BCUT2D eigenvalue weighted by Crippen LogP contribution is -1.74. The smallest absolute Gasteiger partial charge is 0.0316 e. The molecule has 0 aliphatic heterocycles. The average Bonchev–Trinajstić information content (AvgIpc) is 2.08. The lowest BCUT2D eigenvalue weighted by Gasteiger charge is -1.92. The first-order valence-corrected chi connectivity index (χ1v) is 4.30. The molecule has 0 aromatic carbocycles. The minimum atomic E-state index is 1.12. The number of allylic oxidation sites excluding steroid dienone is 6. The second-order valence-electron chi connectivity index (χ2n) is 2.70. The molecule has 1 aliphatic carbocycles. The van der Waals surface area contributed by atoms with E-state index in [1.54, 1.807) is 0 Å². The molecule has 1 radical (unpaired) electrons. The zero-order valence-corrected chi connectivity index (χ0v) is 6.87. The van der Waals surface area contributed by atoms with Crippen LogP contribution in [0.15, 0.2) is 36.5 Å². The molecule has 0 fully saturated rings. The van der Waals surface area contributed by atoms with Gasteiger partial charge in [0, 0.05) is 0 Å². The maximum atomic E-state index is 2.34. The predicted molar refractivity (Wildman–Crippen MR) is 50.2 cm³/mol. The van der Waals surface area contributed by atoms with Crippen LogP contribution in [0.5, 0.6) is 0 Å². The van der Waals surface area contributed by atoms with Crippen molar-refractivity contribution in [2.45, 2.75) is 25.7 Å². The van der Waals surface area contributed by atoms with Gasteiger partial charge in [-0.25, -0.2) is 0 Å². The minimum Gasteiger partial charge on any atom is -0.0845 e. The third kappa shape index (κ3) is 4.60. The predicted octanol–water partition coefficient (Wildman–Crippen LogP) is 3.43. The van der Waals surface area contributed by atoms with E-state index in [0.29, 0.717) is 0 Å². The van der Waals surface area contributed by atoms with E-state index in [0.717, 1.165) is 6.42 Å². The minimum absolute atomic E-state index is 1.12. The SMILES string of the molecule is [CH]1C\C=C/C=C\C=C/CCC1. The summed E-state index contributed by atoms with van der Waals surface area (Å²) in [6.45, 7) is 0. The van der Waals surface area contributed by atoms with Gasteiger partial charge < -0.3 is 0 Å². The van der Waals surface area contributed by atoms with Gasteiger partial charge in [0.25, 0.3) is 0 Å². The van der Waals surface area contributed by atoms with Crippen LogP contribution in [0.4, 0.5) is 0 Å². The molecule has 0 aromatic heterocycles. The van der Waals surface area contributed by atoms with Gasteiger partial charge in [0.15, 0.2) is 0 Å². The summed E-state index contributed by atoms with van der Waals surface area (Å²) >= 11 is 0. The van der Waals surface area contributed by atoms with Gasteiger partial charge in [0.05, 0.1) is 0 Å². The molecule has 0 amide bonds. The number of rotatable bonds is 0. The molecule has 0 bridgehead atoms. The molecule has 0 unspecified atom stereocenters. The van der Waals surface area contributed by atoms with Crippen molar-refractivity contribution in [1.29, 1.82) is 0 Å². The van der Waals surface area contributed by atoms with E-state index in [9.17, 15) is 0 Å². The maximum absolute atomic E-state index is 2.34. The van der Waals surface area contributed by atoms with Gasteiger partial charge in [-0.1, -0.05) is 36.5 Å². The van der Waals surface area contributed by atoms with Crippen LogP contribution >= 0.6 is 0 Å². The highest BCUT2D eigenvalue weighted by Crippen LogP contribution is 2.04. The fraction of sp³-hybridized carbons (Fsp3) is 0.364. The van der Waals surface area contributed by atoms with E-state index >= 15 is 0 Å². The molecule has 1 rings (SSSR count). The van der Waals surface area contributed by atoms with Crippen molar-refractivity contribution in [2.24, 2.45) is 0 Å². The van der Waals surface area contributed by atoms with Crippen LogP contribution in [0.2, 0.25) is 0 Å². The van der Waals surface area contributed by atoms with E-state index in [-0.39, 0.29) is 0 Å². The standard InChI is InChI=1S/C11H15/c1-2-4-6-8-10-11-9-7-5-3-1/h1-6,9H,7-8,10-11H2/b2-1-,5-3-,6-4-. The van der Waals surface area contributed by atoms with Crippen LogP contribution in [0.3, 0.4) is 0 Å². The second kappa shape index (κ2) is 5.96. The van der Waals surface area contributed by atoms with Gasteiger partial charge in [-0.05, 0) is 32.1 Å². The zero-order valence-electron chi connectivity index (χ0n) is 6.87. The van der Waals surface area contributed by atoms with Gasteiger partial charge in [-0.3, -0.25) is 0 Å². The van der Waals surface area contributed by atoms with Crippen molar-refractivity contribution in [2.75, 3.05) is 0 Å². The topological polar surface area (TPSA) is 0 Å². The van der Waals surface area contributed by atoms with Crippen LogP contribution in [0.1, 0.15) is 25.7 Å². The molecule has 0 aromatic rings. The summed E-state index contributed by atoms with van der Waals surface area (Å²) in [6.07, 6.45) is 20.0. The Morgan fingerprint density at radius 2 is 1.55 bits per heavy atom. The third-order valence-corrected chi connectivity index (χ3v) is 1.69. The fourth-order valence-electron chi connectivity index (χ4n) is 1.05. The second-order valence-corrected chi connectivity index (χ2v) is 2.70. The van der Waals surface area contributed by atoms with E-state index in [2.05, 4.69) is 42.9 Å². The molecule has 0 spiro atoms. The summed E-state index contributed by atoms with van der Waals surface area (Å²) in [6, 6.07) is 0. The summed E-state index contributed by atoms with van der Waals surface area (Å²) in [4.78, 5) is 0. The molecule has 0 atom stereocenters. The first kappa shape index (κ1) is 8.32. The van der Waals surface area contributed by atoms with Crippen molar-refractivity contribution in [1.82, 2.24) is 0 Å². The quantitative estimate of drug-likeness (QED) is 0.492. The number of hydrogen-bond donors (Lipinski definition) is 0. The van der Waals surface area contributed by atoms with Crippen molar-refractivity contribution in [3.8, 4) is 0 Å². The summed E-state index contributed by atoms with van der Waals surface area (Å²) < 4.78 is 0. The van der Waals surface area contributed by atoms with E-state index in [4.69, 9.17) is 0 Å². The van der Waals surface area contributed by atoms with E-state index in [1.807, 2.05) is 0 Å². The summed E-state index contributed by atoms with van der Waals surface area (Å²) in [5.41, 5.74) is 0. The van der Waals surface area contributed by atoms with E-state index in [1.165, 1.54) is 19.3 Å². The fourth-order valence-corrected chi connectivity index (χ4v) is 1.05. The normalized spacial score (nSPS) is 28.4. The van der Waals surface area contributed by atoms with Gasteiger partial charge in [-0.15, -0.1) is 0 Å². The molecule has 1 aliphatic rings. The molecule has 59 valence electrons. The van der Waals surface area contributed by atoms with Gasteiger partial charge >= 0.3 is 0 Å². The highest BCUT2D eigenvalue weighted by atomic mass is 13.9. The summed E-state index contributed by atoms with van der Waals surface area (Å²) in [5, 5.41) is 0. The lowest BCUT2D eigenvalue weighted by molar-refractivity contribution is 0.811. The first-order chi connectivity index (χ1) is 5.50. The highest BCUT2D eigenvalue weighted by Gasteiger charge is 1.85. The number of hydrogen-bond acceptors (Lipinski definition) is 0. The summed E-state index contributed by atoms with van der Waals surface area (Å²) in [5.74, 6) is 0. The van der Waals surface area contributed by atoms with Crippen LogP contribution in [-0.2, 0) is 0 Å². The Hall–Kier alpha value is -0.780. The maximum Gasteiger partial charge on any atom is -0.0316 e. The molecular formula is C11H15. The molecule has 0 nitrogen and oxygen atoms in total. The molecule has 0 saturated heterocycles. The third-order valence-electron chi connectivity index (χ3n) is 1.69. The molecule has 0 saturated carbocycles. The van der Waals surface area contributed by atoms with Crippen molar-refractivity contribution in [3.05, 3.63) is 42.9 Å². The Kier molecular flexibility index (Phi) is 4.51. The van der Waals surface area contributed by atoms with E-state index < -0.39 is 0 Å². The van der Waals surface area contributed by atoms with Crippen LogP contribution in [0, 0.1) is 6.42 Å². The van der Waals surface area contributed by atoms with Gasteiger partial charge in [0.2, 0.25) is 0 Å². The monoisotopic (exact) mass is 147 g/mol. The first-order valence-electron chi connectivity index (χ1n) is 4.30. The van der Waals surface area contributed by atoms with Crippen molar-refractivity contribution >= 4 is 0 Å². The van der Waals surface area contributed by atoms with Gasteiger partial charge in [-0.2, -0.15) is 0 Å². The van der Waals surface area contributed by atoms with Crippen LogP contribution in [-0.4, -0.2) is 0 Å². The molecule has 0 N–H and O–H groups in total. The van der Waals surface area contributed by atoms with Crippen molar-refractivity contribution in [3.63, 3.8) is 0 Å². The lowest BCUT2D eigenvalue weighted by atomic mass is 10.1. The Labute approximate surface area is 69.3 Å². The Bertz CT molecular complexity index is 143. The van der Waals surface area contributed by atoms with Gasteiger partial charge in [0.1, 0.15) is 0 Å². The average molecular weight is 147 g/mol. The summed E-state index contributed by atoms with van der Waals surface area (Å²) in [7, 11) is 0. The van der Waals surface area contributed by atoms with Crippen LogP contribution in [0.25, 0.3) is 0 Å². The Balaban J connectivity index is 2.36. The Morgan fingerprint density at radius 1 is 0.727 bits per heavy atom. The molecule has 0 heteroatoms.